The van der Waals surface area contributed by atoms with Gasteiger partial charge in [-0.25, -0.2) is 0 Å². The third kappa shape index (κ3) is 2.13. The van der Waals surface area contributed by atoms with Gasteiger partial charge in [-0.1, -0.05) is 43.9 Å². The number of rotatable bonds is 1. The number of nitrogens with one attached hydrogen (secondary N) is 1. The Balaban J connectivity index is 1.84. The van der Waals surface area contributed by atoms with Crippen LogP contribution in [-0.4, -0.2) is 0 Å². The molecular weight excluding hydrogens is 206 g/mol. The standard InChI is InChI=1S/C16H23N/c1-12-7-6-10-14-15(12)11-17-16(14)13-8-4-2-3-5-9-13/h6-7,10,13,16-17H,2-5,8-9,11H2,1H3. The first-order valence-electron chi connectivity index (χ1n) is 7.18. The van der Waals surface area contributed by atoms with Crippen LogP contribution in [0, 0.1) is 12.8 Å². The second-order valence-electron chi connectivity index (χ2n) is 5.75. The number of aryl methyl sites for hydroxylation is 1. The second-order valence-corrected chi connectivity index (χ2v) is 5.75. The molecule has 17 heavy (non-hydrogen) atoms. The molecule has 92 valence electrons. The smallest absolute Gasteiger partial charge is 0.0354 e. The van der Waals surface area contributed by atoms with Crippen molar-refractivity contribution in [1.29, 1.82) is 0 Å². The fourth-order valence-electron chi connectivity index (χ4n) is 3.64. The zero-order chi connectivity index (χ0) is 11.7. The topological polar surface area (TPSA) is 12.0 Å². The number of fused-ring (bicyclic) bond motifs is 1. The van der Waals surface area contributed by atoms with Crippen LogP contribution in [-0.2, 0) is 6.54 Å². The normalized spacial score (nSPS) is 25.6. The minimum Gasteiger partial charge on any atom is -0.306 e. The maximum Gasteiger partial charge on any atom is 0.0354 e. The molecule has 1 heteroatoms. The Morgan fingerprint density at radius 3 is 2.59 bits per heavy atom. The predicted octanol–water partition coefficient (Wildman–Crippen LogP) is 4.11. The molecule has 1 nitrogen and oxygen atoms in total. The van der Waals surface area contributed by atoms with E-state index in [0.29, 0.717) is 6.04 Å². The lowest BCUT2D eigenvalue weighted by Gasteiger charge is -2.23. The van der Waals surface area contributed by atoms with Gasteiger partial charge in [0, 0.05) is 12.6 Å². The van der Waals surface area contributed by atoms with Gasteiger partial charge < -0.3 is 5.32 Å². The molecule has 1 aromatic carbocycles. The first kappa shape index (κ1) is 11.3. The van der Waals surface area contributed by atoms with E-state index in [4.69, 9.17) is 0 Å². The van der Waals surface area contributed by atoms with Crippen molar-refractivity contribution < 1.29 is 0 Å². The summed E-state index contributed by atoms with van der Waals surface area (Å²) in [7, 11) is 0. The molecule has 3 rings (SSSR count). The molecule has 1 aliphatic carbocycles. The largest absolute Gasteiger partial charge is 0.306 e. The average Bonchev–Trinajstić information content (AvgIpc) is 2.59. The summed E-state index contributed by atoms with van der Waals surface area (Å²) in [5.74, 6) is 0.876. The van der Waals surface area contributed by atoms with Crippen LogP contribution >= 0.6 is 0 Å². The van der Waals surface area contributed by atoms with E-state index in [1.54, 1.807) is 11.1 Å². The van der Waals surface area contributed by atoms with Gasteiger partial charge in [0.25, 0.3) is 0 Å². The molecule has 1 aliphatic heterocycles. The molecule has 0 aromatic heterocycles. The fourth-order valence-corrected chi connectivity index (χ4v) is 3.64. The van der Waals surface area contributed by atoms with Crippen LogP contribution < -0.4 is 5.32 Å². The van der Waals surface area contributed by atoms with Gasteiger partial charge in [0.15, 0.2) is 0 Å². The highest BCUT2D eigenvalue weighted by Gasteiger charge is 2.30. The van der Waals surface area contributed by atoms with Crippen LogP contribution in [0.15, 0.2) is 18.2 Å². The summed E-state index contributed by atoms with van der Waals surface area (Å²) in [5.41, 5.74) is 4.63. The summed E-state index contributed by atoms with van der Waals surface area (Å²) in [6.07, 6.45) is 8.61. The molecule has 0 radical (unpaired) electrons. The lowest BCUT2D eigenvalue weighted by molar-refractivity contribution is 0.342. The molecule has 1 N–H and O–H groups in total. The fraction of sp³-hybridized carbons (Fsp3) is 0.625. The predicted molar refractivity (Wildman–Crippen MR) is 72.0 cm³/mol. The van der Waals surface area contributed by atoms with Gasteiger partial charge in [0.05, 0.1) is 0 Å². The molecule has 1 fully saturated rings. The Morgan fingerprint density at radius 1 is 1.06 bits per heavy atom. The zero-order valence-electron chi connectivity index (χ0n) is 10.8. The van der Waals surface area contributed by atoms with Crippen LogP contribution in [0.25, 0.3) is 0 Å². The molecule has 1 atom stereocenters. The summed E-state index contributed by atoms with van der Waals surface area (Å²) < 4.78 is 0. The van der Waals surface area contributed by atoms with Crippen LogP contribution in [0.4, 0.5) is 0 Å². The van der Waals surface area contributed by atoms with Crippen LogP contribution in [0.2, 0.25) is 0 Å². The van der Waals surface area contributed by atoms with E-state index in [2.05, 4.69) is 30.4 Å². The number of hydrogen-bond acceptors (Lipinski definition) is 1. The molecule has 1 unspecified atom stereocenters. The van der Waals surface area contributed by atoms with Crippen molar-refractivity contribution in [3.05, 3.63) is 34.9 Å². The zero-order valence-corrected chi connectivity index (χ0v) is 10.8. The summed E-state index contributed by atoms with van der Waals surface area (Å²) in [5, 5.41) is 3.76. The molecule has 1 saturated carbocycles. The highest BCUT2D eigenvalue weighted by atomic mass is 14.9. The van der Waals surface area contributed by atoms with Crippen LogP contribution in [0.5, 0.6) is 0 Å². The van der Waals surface area contributed by atoms with Crippen molar-refractivity contribution in [3.8, 4) is 0 Å². The van der Waals surface area contributed by atoms with Gasteiger partial charge in [0.2, 0.25) is 0 Å². The number of hydrogen-bond donors (Lipinski definition) is 1. The Labute approximate surface area is 105 Å². The van der Waals surface area contributed by atoms with E-state index in [0.717, 1.165) is 12.5 Å². The van der Waals surface area contributed by atoms with Crippen LogP contribution in [0.3, 0.4) is 0 Å². The number of benzene rings is 1. The SMILES string of the molecule is Cc1cccc2c1CNC2C1CCCCCC1. The summed E-state index contributed by atoms with van der Waals surface area (Å²) in [6, 6.07) is 7.46. The maximum absolute atomic E-state index is 3.76. The van der Waals surface area contributed by atoms with E-state index >= 15 is 0 Å². The van der Waals surface area contributed by atoms with Crippen molar-refractivity contribution in [1.82, 2.24) is 5.32 Å². The molecule has 1 aromatic rings. The summed E-state index contributed by atoms with van der Waals surface area (Å²) in [6.45, 7) is 3.33. The molecule has 2 aliphatic rings. The molecule has 0 bridgehead atoms. The third-order valence-electron chi connectivity index (χ3n) is 4.65. The van der Waals surface area contributed by atoms with Gasteiger partial charge in [0.1, 0.15) is 0 Å². The maximum atomic E-state index is 3.76. The van der Waals surface area contributed by atoms with Gasteiger partial charge in [-0.2, -0.15) is 0 Å². The van der Waals surface area contributed by atoms with E-state index in [9.17, 15) is 0 Å². The molecule has 0 amide bonds. The highest BCUT2D eigenvalue weighted by Crippen LogP contribution is 2.38. The van der Waals surface area contributed by atoms with Gasteiger partial charge in [-0.15, -0.1) is 0 Å². The van der Waals surface area contributed by atoms with Crippen molar-refractivity contribution >= 4 is 0 Å². The molecule has 0 saturated heterocycles. The van der Waals surface area contributed by atoms with Gasteiger partial charge in [-0.05, 0) is 42.4 Å². The van der Waals surface area contributed by atoms with E-state index in [1.807, 2.05) is 0 Å². The molecule has 0 spiro atoms. The Morgan fingerprint density at radius 2 is 1.82 bits per heavy atom. The summed E-state index contributed by atoms with van der Waals surface area (Å²) >= 11 is 0. The highest BCUT2D eigenvalue weighted by molar-refractivity contribution is 5.40. The molecule has 1 heterocycles. The minimum atomic E-state index is 0.642. The first-order valence-corrected chi connectivity index (χ1v) is 7.18. The minimum absolute atomic E-state index is 0.642. The monoisotopic (exact) mass is 229 g/mol. The first-order chi connectivity index (χ1) is 8.36. The van der Waals surface area contributed by atoms with Crippen molar-refractivity contribution in [2.45, 2.75) is 58.0 Å². The van der Waals surface area contributed by atoms with E-state index in [-0.39, 0.29) is 0 Å². The Bertz CT molecular complexity index is 389. The van der Waals surface area contributed by atoms with Crippen molar-refractivity contribution in [2.75, 3.05) is 0 Å². The Hall–Kier alpha value is -0.820. The average molecular weight is 229 g/mol. The van der Waals surface area contributed by atoms with Gasteiger partial charge in [-0.3, -0.25) is 0 Å². The third-order valence-corrected chi connectivity index (χ3v) is 4.65. The lowest BCUT2D eigenvalue weighted by atomic mass is 9.87. The van der Waals surface area contributed by atoms with E-state index in [1.165, 1.54) is 44.1 Å². The van der Waals surface area contributed by atoms with Gasteiger partial charge >= 0.3 is 0 Å². The van der Waals surface area contributed by atoms with Crippen molar-refractivity contribution in [2.24, 2.45) is 5.92 Å². The Kier molecular flexibility index (Phi) is 3.19. The second kappa shape index (κ2) is 4.81. The molecular formula is C16H23N. The van der Waals surface area contributed by atoms with Crippen LogP contribution in [0.1, 0.15) is 61.3 Å². The lowest BCUT2D eigenvalue weighted by Crippen LogP contribution is -2.21. The quantitative estimate of drug-likeness (QED) is 0.715. The van der Waals surface area contributed by atoms with Crippen molar-refractivity contribution in [3.63, 3.8) is 0 Å². The van der Waals surface area contributed by atoms with E-state index < -0.39 is 0 Å². The summed E-state index contributed by atoms with van der Waals surface area (Å²) in [4.78, 5) is 0.